The number of alkyl halides is 1. The van der Waals surface area contributed by atoms with Crippen LogP contribution in [0.2, 0.25) is 0 Å². The number of benzene rings is 1. The Hall–Kier alpha value is -2.11. The Morgan fingerprint density at radius 3 is 2.68 bits per heavy atom. The van der Waals surface area contributed by atoms with Crippen LogP contribution in [0.15, 0.2) is 24.3 Å². The molecule has 0 aliphatic carbocycles. The molecule has 0 saturated heterocycles. The van der Waals surface area contributed by atoms with E-state index in [1.807, 2.05) is 18.2 Å². The van der Waals surface area contributed by atoms with Crippen molar-refractivity contribution in [3.63, 3.8) is 0 Å². The van der Waals surface area contributed by atoms with Gasteiger partial charge < -0.3 is 15.2 Å². The van der Waals surface area contributed by atoms with Crippen LogP contribution in [-0.2, 0) is 16.0 Å². The van der Waals surface area contributed by atoms with Gasteiger partial charge in [-0.05, 0) is 18.1 Å². The van der Waals surface area contributed by atoms with Crippen molar-refractivity contribution in [1.29, 1.82) is 0 Å². The van der Waals surface area contributed by atoms with E-state index in [0.29, 0.717) is 12.2 Å². The van der Waals surface area contributed by atoms with Gasteiger partial charge in [-0.3, -0.25) is 4.79 Å². The molecule has 0 aliphatic heterocycles. The maximum Gasteiger partial charge on any atom is 0.328 e. The van der Waals surface area contributed by atoms with Crippen molar-refractivity contribution in [3.05, 3.63) is 29.8 Å². The van der Waals surface area contributed by atoms with Gasteiger partial charge in [0.2, 0.25) is 5.91 Å². The molecule has 1 aromatic carbocycles. The number of ether oxygens (including phenoxy) is 1. The number of aryl methyl sites for hydroxylation is 1. The summed E-state index contributed by atoms with van der Waals surface area (Å²) in [4.78, 5) is 22.1. The third-order valence-corrected chi connectivity index (χ3v) is 2.60. The number of halogens is 1. The second-order valence-corrected chi connectivity index (χ2v) is 3.92. The topological polar surface area (TPSA) is 75.6 Å². The van der Waals surface area contributed by atoms with Gasteiger partial charge in [-0.25, -0.2) is 9.18 Å². The van der Waals surface area contributed by atoms with Gasteiger partial charge in [-0.15, -0.1) is 0 Å². The van der Waals surface area contributed by atoms with E-state index in [-0.39, 0.29) is 6.42 Å². The van der Waals surface area contributed by atoms with Crippen LogP contribution in [0, 0.1) is 0 Å². The SMILES string of the molecule is COc1ccccc1CCC(=O)NC(CF)C(=O)O. The van der Waals surface area contributed by atoms with Crippen molar-refractivity contribution in [2.75, 3.05) is 13.8 Å². The molecule has 1 unspecified atom stereocenters. The molecule has 0 aliphatic rings. The number of carbonyl (C=O) groups excluding carboxylic acids is 1. The van der Waals surface area contributed by atoms with E-state index in [9.17, 15) is 14.0 Å². The summed E-state index contributed by atoms with van der Waals surface area (Å²) < 4.78 is 17.5. The minimum Gasteiger partial charge on any atom is -0.496 e. The second kappa shape index (κ2) is 7.35. The number of rotatable bonds is 7. The summed E-state index contributed by atoms with van der Waals surface area (Å²) in [5, 5.41) is 10.7. The molecule has 1 amide bonds. The van der Waals surface area contributed by atoms with E-state index in [2.05, 4.69) is 5.32 Å². The number of amides is 1. The van der Waals surface area contributed by atoms with Crippen LogP contribution in [0.4, 0.5) is 4.39 Å². The monoisotopic (exact) mass is 269 g/mol. The molecule has 19 heavy (non-hydrogen) atoms. The molecule has 0 bridgehead atoms. The largest absolute Gasteiger partial charge is 0.496 e. The first-order valence-corrected chi connectivity index (χ1v) is 5.78. The zero-order valence-electron chi connectivity index (χ0n) is 10.6. The van der Waals surface area contributed by atoms with Crippen molar-refractivity contribution < 1.29 is 23.8 Å². The molecule has 0 fully saturated rings. The molecule has 0 heterocycles. The Kier molecular flexibility index (Phi) is 5.78. The van der Waals surface area contributed by atoms with Crippen LogP contribution in [0.3, 0.4) is 0 Å². The predicted molar refractivity (Wildman–Crippen MR) is 66.9 cm³/mol. The van der Waals surface area contributed by atoms with Gasteiger partial charge in [0, 0.05) is 6.42 Å². The lowest BCUT2D eigenvalue weighted by atomic mass is 10.1. The molecular formula is C13H16FNO4. The first-order valence-electron chi connectivity index (χ1n) is 5.78. The number of hydrogen-bond donors (Lipinski definition) is 2. The standard InChI is InChI=1S/C13H16FNO4/c1-19-11-5-3-2-4-9(11)6-7-12(16)15-10(8-14)13(17)18/h2-5,10H,6-8H2,1H3,(H,15,16)(H,17,18). The van der Waals surface area contributed by atoms with Gasteiger partial charge in [0.25, 0.3) is 0 Å². The first kappa shape index (κ1) is 14.9. The van der Waals surface area contributed by atoms with Crippen LogP contribution >= 0.6 is 0 Å². The van der Waals surface area contributed by atoms with Crippen molar-refractivity contribution in [2.24, 2.45) is 0 Å². The number of carboxylic acids is 1. The molecule has 1 rings (SSSR count). The summed E-state index contributed by atoms with van der Waals surface area (Å²) in [7, 11) is 1.53. The fourth-order valence-electron chi connectivity index (χ4n) is 1.59. The van der Waals surface area contributed by atoms with E-state index in [1.165, 1.54) is 7.11 Å². The number of para-hydroxylation sites is 1. The van der Waals surface area contributed by atoms with Gasteiger partial charge in [0.1, 0.15) is 12.4 Å². The zero-order chi connectivity index (χ0) is 14.3. The Morgan fingerprint density at radius 1 is 1.42 bits per heavy atom. The van der Waals surface area contributed by atoms with E-state index in [4.69, 9.17) is 9.84 Å². The van der Waals surface area contributed by atoms with Gasteiger partial charge in [-0.1, -0.05) is 18.2 Å². The van der Waals surface area contributed by atoms with Crippen LogP contribution in [0.5, 0.6) is 5.75 Å². The Balaban J connectivity index is 2.52. The molecule has 0 saturated carbocycles. The highest BCUT2D eigenvalue weighted by atomic mass is 19.1. The van der Waals surface area contributed by atoms with Crippen LogP contribution in [-0.4, -0.2) is 36.8 Å². The average molecular weight is 269 g/mol. The van der Waals surface area contributed by atoms with Gasteiger partial charge in [-0.2, -0.15) is 0 Å². The minimum absolute atomic E-state index is 0.0736. The Labute approximate surface area is 110 Å². The van der Waals surface area contributed by atoms with Gasteiger partial charge in [0.15, 0.2) is 6.04 Å². The number of nitrogens with one attached hydrogen (secondary N) is 1. The van der Waals surface area contributed by atoms with Gasteiger partial charge in [0.05, 0.1) is 7.11 Å². The molecular weight excluding hydrogens is 253 g/mol. The number of carboxylic acid groups (broad SMARTS) is 1. The second-order valence-electron chi connectivity index (χ2n) is 3.92. The average Bonchev–Trinajstić information content (AvgIpc) is 2.42. The van der Waals surface area contributed by atoms with Crippen LogP contribution < -0.4 is 10.1 Å². The lowest BCUT2D eigenvalue weighted by Gasteiger charge is -2.11. The molecule has 1 atom stereocenters. The number of aliphatic carboxylic acids is 1. The van der Waals surface area contributed by atoms with Crippen molar-refractivity contribution in [2.45, 2.75) is 18.9 Å². The fourth-order valence-corrected chi connectivity index (χ4v) is 1.59. The lowest BCUT2D eigenvalue weighted by Crippen LogP contribution is -2.42. The highest BCUT2D eigenvalue weighted by molar-refractivity contribution is 5.83. The summed E-state index contributed by atoms with van der Waals surface area (Å²) in [5.41, 5.74) is 0.840. The van der Waals surface area contributed by atoms with Crippen molar-refractivity contribution in [1.82, 2.24) is 5.32 Å². The molecule has 0 spiro atoms. The summed E-state index contributed by atoms with van der Waals surface area (Å²) in [6.45, 7) is -1.13. The third-order valence-electron chi connectivity index (χ3n) is 2.60. The van der Waals surface area contributed by atoms with Crippen LogP contribution in [0.1, 0.15) is 12.0 Å². The summed E-state index contributed by atoms with van der Waals surface area (Å²) >= 11 is 0. The van der Waals surface area contributed by atoms with E-state index in [1.54, 1.807) is 6.07 Å². The molecule has 2 N–H and O–H groups in total. The smallest absolute Gasteiger partial charge is 0.328 e. The maximum absolute atomic E-state index is 12.3. The molecule has 104 valence electrons. The maximum atomic E-state index is 12.3. The van der Waals surface area contributed by atoms with E-state index in [0.717, 1.165) is 5.56 Å². The minimum atomic E-state index is -1.48. The molecule has 0 aromatic heterocycles. The van der Waals surface area contributed by atoms with Crippen LogP contribution in [0.25, 0.3) is 0 Å². The number of methoxy groups -OCH3 is 1. The van der Waals surface area contributed by atoms with Crippen molar-refractivity contribution in [3.8, 4) is 5.75 Å². The third kappa shape index (κ3) is 4.57. The Bertz CT molecular complexity index is 450. The summed E-state index contributed by atoms with van der Waals surface area (Å²) in [5.74, 6) is -1.22. The van der Waals surface area contributed by atoms with E-state index >= 15 is 0 Å². The summed E-state index contributed by atoms with van der Waals surface area (Å²) in [6, 6.07) is 5.74. The van der Waals surface area contributed by atoms with E-state index < -0.39 is 24.6 Å². The highest BCUT2D eigenvalue weighted by Crippen LogP contribution is 2.18. The Morgan fingerprint density at radius 2 is 2.11 bits per heavy atom. The normalized spacial score (nSPS) is 11.7. The number of carbonyl (C=O) groups is 2. The van der Waals surface area contributed by atoms with Crippen molar-refractivity contribution >= 4 is 11.9 Å². The highest BCUT2D eigenvalue weighted by Gasteiger charge is 2.19. The lowest BCUT2D eigenvalue weighted by molar-refractivity contribution is -0.142. The molecule has 6 heteroatoms. The molecule has 5 nitrogen and oxygen atoms in total. The number of hydrogen-bond acceptors (Lipinski definition) is 3. The fraction of sp³-hybridized carbons (Fsp3) is 0.385. The first-order chi connectivity index (χ1) is 9.08. The molecule has 1 aromatic rings. The molecule has 0 radical (unpaired) electrons. The quantitative estimate of drug-likeness (QED) is 0.779. The summed E-state index contributed by atoms with van der Waals surface area (Å²) in [6.07, 6.45) is 0.471. The van der Waals surface area contributed by atoms with Gasteiger partial charge >= 0.3 is 5.97 Å². The predicted octanol–water partition coefficient (Wildman–Crippen LogP) is 1.17. The zero-order valence-corrected chi connectivity index (χ0v) is 10.6.